The maximum Gasteiger partial charge on any atom is 0.163 e. The van der Waals surface area contributed by atoms with Crippen molar-refractivity contribution in [1.29, 1.82) is 0 Å². The van der Waals surface area contributed by atoms with E-state index in [1.165, 1.54) is 5.56 Å². The van der Waals surface area contributed by atoms with E-state index in [0.717, 1.165) is 40.2 Å². The van der Waals surface area contributed by atoms with E-state index in [0.29, 0.717) is 6.04 Å². The minimum atomic E-state index is 0.311. The lowest BCUT2D eigenvalue weighted by Gasteiger charge is -2.10. The Hall–Kier alpha value is -4.06. The van der Waals surface area contributed by atoms with Gasteiger partial charge in [0.1, 0.15) is 6.33 Å². The Morgan fingerprint density at radius 3 is 2.34 bits per heavy atom. The molecule has 0 amide bonds. The molecule has 0 saturated carbocycles. The summed E-state index contributed by atoms with van der Waals surface area (Å²) in [4.78, 5) is 8.69. The number of hydrogen-bond donors (Lipinski definition) is 0. The first-order valence-electron chi connectivity index (χ1n) is 10.7. The van der Waals surface area contributed by atoms with Gasteiger partial charge in [0, 0.05) is 72.0 Å². The smallest absolute Gasteiger partial charge is 0.163 e. The number of benzene rings is 1. The van der Waals surface area contributed by atoms with Crippen molar-refractivity contribution < 1.29 is 0 Å². The number of hydrogen-bond acceptors (Lipinski definition) is 4. The van der Waals surface area contributed by atoms with E-state index in [-0.39, 0.29) is 0 Å². The first-order valence-corrected chi connectivity index (χ1v) is 10.7. The largest absolute Gasteiger partial charge is 0.349 e. The monoisotopic (exact) mass is 420 g/mol. The van der Waals surface area contributed by atoms with Crippen molar-refractivity contribution in [2.24, 2.45) is 0 Å². The Morgan fingerprint density at radius 1 is 0.812 bits per heavy atom. The zero-order valence-electron chi connectivity index (χ0n) is 18.1. The number of rotatable bonds is 6. The van der Waals surface area contributed by atoms with Crippen LogP contribution in [0.2, 0.25) is 0 Å². The minimum absolute atomic E-state index is 0.311. The van der Waals surface area contributed by atoms with Gasteiger partial charge in [-0.25, -0.2) is 0 Å². The standard InChI is InChI=1S/C26H24N6/c1-19(2)32-18-29-30-26(32)22-7-5-21(6-8-22)24-12-25(15-28-14-24)23-9-11-31(17-23)16-20-4-3-10-27-13-20/h3-15,17-19H,16H2,1-2H3. The van der Waals surface area contributed by atoms with Gasteiger partial charge in [-0.15, -0.1) is 10.2 Å². The molecule has 0 aliphatic carbocycles. The maximum absolute atomic E-state index is 4.49. The Kier molecular flexibility index (Phi) is 5.34. The van der Waals surface area contributed by atoms with E-state index in [2.05, 4.69) is 98.0 Å². The molecule has 158 valence electrons. The number of aromatic nitrogens is 6. The highest BCUT2D eigenvalue weighted by molar-refractivity contribution is 5.73. The van der Waals surface area contributed by atoms with Gasteiger partial charge in [-0.2, -0.15) is 0 Å². The summed E-state index contributed by atoms with van der Waals surface area (Å²) in [5.74, 6) is 0.883. The van der Waals surface area contributed by atoms with Gasteiger partial charge < -0.3 is 9.13 Å². The first-order chi connectivity index (χ1) is 15.7. The summed E-state index contributed by atoms with van der Waals surface area (Å²) in [6.07, 6.45) is 13.5. The molecule has 0 aliphatic rings. The molecular weight excluding hydrogens is 396 g/mol. The van der Waals surface area contributed by atoms with Gasteiger partial charge in [-0.05, 0) is 43.2 Å². The molecule has 5 rings (SSSR count). The number of nitrogens with zero attached hydrogens (tertiary/aromatic N) is 6. The van der Waals surface area contributed by atoms with Crippen molar-refractivity contribution in [3.05, 3.63) is 97.6 Å². The van der Waals surface area contributed by atoms with Crippen LogP contribution in [0.5, 0.6) is 0 Å². The quantitative estimate of drug-likeness (QED) is 0.364. The van der Waals surface area contributed by atoms with Crippen LogP contribution in [0.1, 0.15) is 25.5 Å². The van der Waals surface area contributed by atoms with Gasteiger partial charge in [0.05, 0.1) is 0 Å². The van der Waals surface area contributed by atoms with Crippen molar-refractivity contribution in [3.8, 4) is 33.6 Å². The van der Waals surface area contributed by atoms with E-state index >= 15 is 0 Å². The Labute approximate surface area is 187 Å². The van der Waals surface area contributed by atoms with Gasteiger partial charge in [0.25, 0.3) is 0 Å². The topological polar surface area (TPSA) is 61.4 Å². The summed E-state index contributed by atoms with van der Waals surface area (Å²) in [7, 11) is 0. The van der Waals surface area contributed by atoms with Crippen LogP contribution in [0, 0.1) is 0 Å². The molecule has 0 bridgehead atoms. The third-order valence-electron chi connectivity index (χ3n) is 5.52. The summed E-state index contributed by atoms with van der Waals surface area (Å²) >= 11 is 0. The molecule has 0 N–H and O–H groups in total. The highest BCUT2D eigenvalue weighted by Crippen LogP contribution is 2.28. The van der Waals surface area contributed by atoms with Crippen LogP contribution < -0.4 is 0 Å². The van der Waals surface area contributed by atoms with Gasteiger partial charge >= 0.3 is 0 Å². The van der Waals surface area contributed by atoms with Gasteiger partial charge in [-0.1, -0.05) is 30.3 Å². The molecule has 1 aromatic carbocycles. The second-order valence-electron chi connectivity index (χ2n) is 8.13. The third-order valence-corrected chi connectivity index (χ3v) is 5.52. The molecule has 6 heteroatoms. The summed E-state index contributed by atoms with van der Waals surface area (Å²) in [6, 6.07) is 17.1. The van der Waals surface area contributed by atoms with Crippen LogP contribution in [0.4, 0.5) is 0 Å². The van der Waals surface area contributed by atoms with Crippen LogP contribution in [0.3, 0.4) is 0 Å². The fourth-order valence-electron chi connectivity index (χ4n) is 3.81. The SMILES string of the molecule is CC(C)n1cnnc1-c1ccc(-c2cncc(-c3ccn(Cc4cccnc4)c3)c2)cc1. The van der Waals surface area contributed by atoms with Gasteiger partial charge in [0.15, 0.2) is 5.82 Å². The lowest BCUT2D eigenvalue weighted by molar-refractivity contribution is 0.604. The zero-order chi connectivity index (χ0) is 21.9. The van der Waals surface area contributed by atoms with E-state index in [9.17, 15) is 0 Å². The molecule has 0 unspecified atom stereocenters. The summed E-state index contributed by atoms with van der Waals surface area (Å²) in [5, 5.41) is 8.36. The normalized spacial score (nSPS) is 11.2. The van der Waals surface area contributed by atoms with Crippen molar-refractivity contribution in [2.75, 3.05) is 0 Å². The zero-order valence-corrected chi connectivity index (χ0v) is 18.1. The molecule has 6 nitrogen and oxygen atoms in total. The molecule has 0 radical (unpaired) electrons. The molecular formula is C26H24N6. The van der Waals surface area contributed by atoms with E-state index in [1.54, 1.807) is 12.5 Å². The summed E-state index contributed by atoms with van der Waals surface area (Å²) in [6.45, 7) is 5.05. The fraction of sp³-hybridized carbons (Fsp3) is 0.154. The van der Waals surface area contributed by atoms with Crippen LogP contribution in [-0.2, 0) is 6.54 Å². The lowest BCUT2D eigenvalue weighted by Crippen LogP contribution is -2.01. The van der Waals surface area contributed by atoms with Crippen LogP contribution >= 0.6 is 0 Å². The highest BCUT2D eigenvalue weighted by Gasteiger charge is 2.10. The third kappa shape index (κ3) is 4.07. The maximum atomic E-state index is 4.49. The Morgan fingerprint density at radius 2 is 1.59 bits per heavy atom. The van der Waals surface area contributed by atoms with Crippen molar-refractivity contribution in [1.82, 2.24) is 29.3 Å². The fourth-order valence-corrected chi connectivity index (χ4v) is 3.81. The molecule has 4 aromatic heterocycles. The molecule has 4 heterocycles. The van der Waals surface area contributed by atoms with E-state index < -0.39 is 0 Å². The van der Waals surface area contributed by atoms with Crippen LogP contribution in [-0.4, -0.2) is 29.3 Å². The Balaban J connectivity index is 1.38. The molecule has 0 atom stereocenters. The first kappa shape index (κ1) is 19.9. The molecule has 0 spiro atoms. The minimum Gasteiger partial charge on any atom is -0.349 e. The second-order valence-corrected chi connectivity index (χ2v) is 8.13. The molecule has 32 heavy (non-hydrogen) atoms. The number of pyridine rings is 2. The lowest BCUT2D eigenvalue weighted by atomic mass is 10.0. The van der Waals surface area contributed by atoms with E-state index in [1.807, 2.05) is 24.7 Å². The van der Waals surface area contributed by atoms with E-state index in [4.69, 9.17) is 0 Å². The second kappa shape index (κ2) is 8.59. The van der Waals surface area contributed by atoms with Crippen molar-refractivity contribution in [3.63, 3.8) is 0 Å². The van der Waals surface area contributed by atoms with Crippen LogP contribution in [0.25, 0.3) is 33.6 Å². The average molecular weight is 421 g/mol. The van der Waals surface area contributed by atoms with Crippen LogP contribution in [0.15, 0.2) is 92.0 Å². The predicted molar refractivity (Wildman–Crippen MR) is 126 cm³/mol. The summed E-state index contributed by atoms with van der Waals surface area (Å²) in [5.41, 5.74) is 6.67. The van der Waals surface area contributed by atoms with Gasteiger partial charge in [0.2, 0.25) is 0 Å². The predicted octanol–water partition coefficient (Wildman–Crippen LogP) is 5.50. The molecule has 0 fully saturated rings. The Bertz CT molecular complexity index is 1320. The van der Waals surface area contributed by atoms with Crippen molar-refractivity contribution >= 4 is 0 Å². The molecule has 5 aromatic rings. The molecule has 0 aliphatic heterocycles. The average Bonchev–Trinajstić information content (AvgIpc) is 3.50. The summed E-state index contributed by atoms with van der Waals surface area (Å²) < 4.78 is 4.24. The van der Waals surface area contributed by atoms with Gasteiger partial charge in [-0.3, -0.25) is 9.97 Å². The molecule has 0 saturated heterocycles. The highest BCUT2D eigenvalue weighted by atomic mass is 15.3. The van der Waals surface area contributed by atoms with Crippen molar-refractivity contribution in [2.45, 2.75) is 26.4 Å².